The molecule has 0 aromatic heterocycles. The van der Waals surface area contributed by atoms with Crippen molar-refractivity contribution in [3.8, 4) is 0 Å². The monoisotopic (exact) mass is 232 g/mol. The van der Waals surface area contributed by atoms with Crippen molar-refractivity contribution < 1.29 is 24.9 Å². The molecule has 2 aliphatic heterocycles. The highest BCUT2D eigenvalue weighted by molar-refractivity contribution is 5.75. The molecular formula is C9H16N2O5. The van der Waals surface area contributed by atoms with Crippen LogP contribution in [-0.2, 0) is 4.74 Å². The first-order valence-electron chi connectivity index (χ1n) is 5.31. The molecule has 0 saturated carbocycles. The lowest BCUT2D eigenvalue weighted by molar-refractivity contribution is -0.0730. The molecule has 2 saturated heterocycles. The summed E-state index contributed by atoms with van der Waals surface area (Å²) in [6.45, 7) is 0.109. The van der Waals surface area contributed by atoms with Gasteiger partial charge in [0.1, 0.15) is 18.6 Å². The minimum Gasteiger partial charge on any atom is -0.394 e. The van der Waals surface area contributed by atoms with E-state index in [-0.39, 0.29) is 13.0 Å². The Bertz CT molecular complexity index is 275. The highest BCUT2D eigenvalue weighted by atomic mass is 16.5. The van der Waals surface area contributed by atoms with Crippen molar-refractivity contribution in [2.45, 2.75) is 37.5 Å². The fourth-order valence-electron chi connectivity index (χ4n) is 2.01. The van der Waals surface area contributed by atoms with Gasteiger partial charge in [0.15, 0.2) is 0 Å². The van der Waals surface area contributed by atoms with E-state index in [1.807, 2.05) is 0 Å². The summed E-state index contributed by atoms with van der Waals surface area (Å²) in [6.07, 6.45) is -2.03. The number of rotatable bonds is 2. The number of amides is 2. The maximum Gasteiger partial charge on any atom is 0.321 e. The number of hydrogen-bond donors (Lipinski definition) is 4. The molecule has 4 N–H and O–H groups in total. The van der Waals surface area contributed by atoms with Gasteiger partial charge in [-0.15, -0.1) is 0 Å². The van der Waals surface area contributed by atoms with Gasteiger partial charge in [0.2, 0.25) is 0 Å². The Hall–Kier alpha value is -0.890. The number of carbonyl (C=O) groups is 1. The molecule has 2 fully saturated rings. The second kappa shape index (κ2) is 4.54. The Kier molecular flexibility index (Phi) is 3.29. The molecule has 0 aliphatic carbocycles. The number of aliphatic hydroxyl groups excluding tert-OH is 3. The largest absolute Gasteiger partial charge is 0.394 e. The van der Waals surface area contributed by atoms with Crippen LogP contribution >= 0.6 is 0 Å². The zero-order valence-corrected chi connectivity index (χ0v) is 8.74. The number of carbonyl (C=O) groups excluding carboxylic acids is 1. The van der Waals surface area contributed by atoms with E-state index in [0.717, 1.165) is 0 Å². The second-order valence-corrected chi connectivity index (χ2v) is 4.06. The molecule has 0 radical (unpaired) electrons. The van der Waals surface area contributed by atoms with Crippen molar-refractivity contribution in [1.29, 1.82) is 0 Å². The predicted molar refractivity (Wildman–Crippen MR) is 52.2 cm³/mol. The highest BCUT2D eigenvalue weighted by Crippen LogP contribution is 2.24. The summed E-state index contributed by atoms with van der Waals surface area (Å²) < 4.78 is 5.35. The quantitative estimate of drug-likeness (QED) is 0.449. The maximum atomic E-state index is 11.5. The number of ether oxygens (including phenoxy) is 1. The first-order chi connectivity index (χ1) is 7.61. The van der Waals surface area contributed by atoms with Crippen molar-refractivity contribution in [3.05, 3.63) is 0 Å². The van der Waals surface area contributed by atoms with Gasteiger partial charge in [-0.3, -0.25) is 4.90 Å². The lowest BCUT2D eigenvalue weighted by Crippen LogP contribution is -2.55. The molecule has 0 bridgehead atoms. The summed E-state index contributed by atoms with van der Waals surface area (Å²) in [5.41, 5.74) is 0. The molecule has 4 atom stereocenters. The Balaban J connectivity index is 1.96. The van der Waals surface area contributed by atoms with E-state index < -0.39 is 30.7 Å². The van der Waals surface area contributed by atoms with E-state index in [4.69, 9.17) is 9.84 Å². The van der Waals surface area contributed by atoms with Crippen LogP contribution < -0.4 is 5.32 Å². The molecule has 0 aromatic rings. The van der Waals surface area contributed by atoms with Gasteiger partial charge in [0.05, 0.1) is 12.7 Å². The van der Waals surface area contributed by atoms with Crippen molar-refractivity contribution in [1.82, 2.24) is 10.2 Å². The third-order valence-electron chi connectivity index (χ3n) is 2.93. The van der Waals surface area contributed by atoms with Crippen LogP contribution in [0.4, 0.5) is 4.79 Å². The fraction of sp³-hybridized carbons (Fsp3) is 0.889. The fourth-order valence-corrected chi connectivity index (χ4v) is 2.01. The topological polar surface area (TPSA) is 102 Å². The summed E-state index contributed by atoms with van der Waals surface area (Å²) in [5, 5.41) is 30.0. The van der Waals surface area contributed by atoms with Gasteiger partial charge in [-0.1, -0.05) is 0 Å². The molecule has 92 valence electrons. The van der Waals surface area contributed by atoms with Crippen LogP contribution in [0, 0.1) is 0 Å². The van der Waals surface area contributed by atoms with Crippen LogP contribution in [-0.4, -0.2) is 64.1 Å². The second-order valence-electron chi connectivity index (χ2n) is 4.06. The van der Waals surface area contributed by atoms with E-state index >= 15 is 0 Å². The lowest BCUT2D eigenvalue weighted by atomic mass is 10.2. The molecule has 2 rings (SSSR count). The molecule has 7 heteroatoms. The summed E-state index contributed by atoms with van der Waals surface area (Å²) >= 11 is 0. The number of hydrogen-bond acceptors (Lipinski definition) is 5. The third-order valence-corrected chi connectivity index (χ3v) is 2.93. The lowest BCUT2D eigenvalue weighted by Gasteiger charge is -2.34. The Morgan fingerprint density at radius 2 is 2.25 bits per heavy atom. The number of aliphatic hydroxyl groups is 3. The number of urea groups is 1. The zero-order valence-electron chi connectivity index (χ0n) is 8.74. The van der Waals surface area contributed by atoms with E-state index in [0.29, 0.717) is 13.0 Å². The molecule has 0 spiro atoms. The summed E-state index contributed by atoms with van der Waals surface area (Å²) in [6, 6.07) is -0.408. The van der Waals surface area contributed by atoms with E-state index in [9.17, 15) is 15.0 Å². The Morgan fingerprint density at radius 1 is 1.50 bits per heavy atom. The van der Waals surface area contributed by atoms with Gasteiger partial charge in [0.25, 0.3) is 0 Å². The van der Waals surface area contributed by atoms with Gasteiger partial charge in [-0.05, 0) is 0 Å². The molecular weight excluding hydrogens is 216 g/mol. The zero-order chi connectivity index (χ0) is 11.7. The van der Waals surface area contributed by atoms with Gasteiger partial charge in [-0.2, -0.15) is 0 Å². The van der Waals surface area contributed by atoms with Crippen molar-refractivity contribution >= 4 is 6.03 Å². The van der Waals surface area contributed by atoms with E-state index in [1.54, 1.807) is 0 Å². The Labute approximate surface area is 92.6 Å². The standard InChI is InChI=1S/C9H16N2O5/c12-4-6-5(13)3-8(16-6)11-2-1-7(14)10-9(11)15/h5-8,12-14H,1-4H2,(H,10,15)/t5-,6-,7+,8+/m0/s1. The number of nitrogens with one attached hydrogen (secondary N) is 1. The van der Waals surface area contributed by atoms with Crippen LogP contribution in [0.2, 0.25) is 0 Å². The molecule has 2 amide bonds. The first-order valence-corrected chi connectivity index (χ1v) is 5.31. The van der Waals surface area contributed by atoms with Crippen molar-refractivity contribution in [3.63, 3.8) is 0 Å². The minimum atomic E-state index is -0.816. The van der Waals surface area contributed by atoms with Crippen LogP contribution in [0.1, 0.15) is 12.8 Å². The van der Waals surface area contributed by atoms with E-state index in [2.05, 4.69) is 5.32 Å². The van der Waals surface area contributed by atoms with Crippen molar-refractivity contribution in [2.75, 3.05) is 13.2 Å². The highest BCUT2D eigenvalue weighted by Gasteiger charge is 2.40. The van der Waals surface area contributed by atoms with Crippen LogP contribution in [0.3, 0.4) is 0 Å². The summed E-state index contributed by atoms with van der Waals surface area (Å²) in [4.78, 5) is 12.9. The first kappa shape index (κ1) is 11.6. The average Bonchev–Trinajstić information content (AvgIpc) is 2.59. The normalized spacial score (nSPS) is 39.9. The van der Waals surface area contributed by atoms with Gasteiger partial charge < -0.3 is 25.4 Å². The van der Waals surface area contributed by atoms with Crippen molar-refractivity contribution in [2.24, 2.45) is 0 Å². The third kappa shape index (κ3) is 2.12. The van der Waals surface area contributed by atoms with E-state index in [1.165, 1.54) is 4.90 Å². The van der Waals surface area contributed by atoms with Gasteiger partial charge in [-0.25, -0.2) is 4.79 Å². The maximum absolute atomic E-state index is 11.5. The molecule has 0 aromatic carbocycles. The predicted octanol–water partition coefficient (Wildman–Crippen LogP) is -1.81. The van der Waals surface area contributed by atoms with Crippen LogP contribution in [0.25, 0.3) is 0 Å². The van der Waals surface area contributed by atoms with Gasteiger partial charge >= 0.3 is 6.03 Å². The summed E-state index contributed by atoms with van der Waals surface area (Å²) in [7, 11) is 0. The SMILES string of the molecule is O=C1N[C@H](O)CCN1[C@H]1C[C@H](O)[C@H](CO)O1. The van der Waals surface area contributed by atoms with Crippen LogP contribution in [0.15, 0.2) is 0 Å². The molecule has 2 aliphatic rings. The number of nitrogens with zero attached hydrogens (tertiary/aromatic N) is 1. The molecule has 2 heterocycles. The minimum absolute atomic E-state index is 0.268. The smallest absolute Gasteiger partial charge is 0.321 e. The van der Waals surface area contributed by atoms with Gasteiger partial charge in [0, 0.05) is 19.4 Å². The summed E-state index contributed by atoms with van der Waals surface area (Å²) in [5.74, 6) is 0. The molecule has 7 nitrogen and oxygen atoms in total. The Morgan fingerprint density at radius 3 is 2.81 bits per heavy atom. The molecule has 16 heavy (non-hydrogen) atoms. The van der Waals surface area contributed by atoms with Crippen LogP contribution in [0.5, 0.6) is 0 Å². The molecule has 0 unspecified atom stereocenters. The average molecular weight is 232 g/mol.